The Bertz CT molecular complexity index is 430. The third-order valence-corrected chi connectivity index (χ3v) is 4.35. The van der Waals surface area contributed by atoms with E-state index in [9.17, 15) is 4.57 Å². The summed E-state index contributed by atoms with van der Waals surface area (Å²) in [7, 11) is -3.60. The van der Waals surface area contributed by atoms with Gasteiger partial charge < -0.3 is 0 Å². The number of hydrogen-bond acceptors (Lipinski definition) is 5. The van der Waals surface area contributed by atoms with Gasteiger partial charge in [0.05, 0.1) is 13.2 Å². The molecule has 6 heteroatoms. The van der Waals surface area contributed by atoms with E-state index in [1.807, 2.05) is 19.9 Å². The van der Waals surface area contributed by atoms with Crippen LogP contribution in [0.5, 0.6) is 0 Å². The van der Waals surface area contributed by atoms with E-state index in [4.69, 9.17) is 14.9 Å². The van der Waals surface area contributed by atoms with Gasteiger partial charge in [0.2, 0.25) is 0 Å². The molecule has 5 nitrogen and oxygen atoms in total. The van der Waals surface area contributed by atoms with Gasteiger partial charge in [0.15, 0.2) is 0 Å². The van der Waals surface area contributed by atoms with Gasteiger partial charge in [0, 0.05) is 0 Å². The second-order valence-electron chi connectivity index (χ2n) is 5.01. The smallest absolute Gasteiger partial charge is 0.286 e. The Morgan fingerprint density at radius 1 is 1.09 bits per heavy atom. The Morgan fingerprint density at radius 3 is 2.32 bits per heavy atom. The van der Waals surface area contributed by atoms with Crippen molar-refractivity contribution < 1.29 is 18.2 Å². The van der Waals surface area contributed by atoms with Gasteiger partial charge in [0.1, 0.15) is 0 Å². The molecule has 0 rings (SSSR count). The fourth-order valence-corrected chi connectivity index (χ4v) is 2.52. The average Bonchev–Trinajstić information content (AvgIpc) is 2.48. The molecule has 0 heterocycles. The summed E-state index contributed by atoms with van der Waals surface area (Å²) in [5.41, 5.74) is 2.57. The maximum Gasteiger partial charge on any atom is 0.491 e. The molecule has 0 aliphatic carbocycles. The number of nitrogens with two attached hydrogens (primary N) is 1. The van der Waals surface area contributed by atoms with E-state index in [1.165, 1.54) is 5.57 Å². The van der Waals surface area contributed by atoms with E-state index in [0.717, 1.165) is 31.3 Å². The molecular formula is C16H30NO4P. The Kier molecular flexibility index (Phi) is 12.4. The number of phosphoric ester groups is 1. The van der Waals surface area contributed by atoms with Crippen molar-refractivity contribution in [3.63, 3.8) is 0 Å². The summed E-state index contributed by atoms with van der Waals surface area (Å²) >= 11 is 0. The van der Waals surface area contributed by atoms with E-state index in [-0.39, 0.29) is 13.2 Å². The molecule has 0 aromatic rings. The Hall–Kier alpha value is -0.710. The molecule has 1 atom stereocenters. The zero-order valence-corrected chi connectivity index (χ0v) is 15.1. The first-order valence-corrected chi connectivity index (χ1v) is 9.13. The highest BCUT2D eigenvalue weighted by atomic mass is 31.2. The lowest BCUT2D eigenvalue weighted by Gasteiger charge is -2.12. The van der Waals surface area contributed by atoms with Crippen molar-refractivity contribution >= 4 is 7.82 Å². The first-order valence-electron chi connectivity index (χ1n) is 7.67. The van der Waals surface area contributed by atoms with Crippen LogP contribution in [-0.2, 0) is 18.2 Å². The summed E-state index contributed by atoms with van der Waals surface area (Å²) in [5.74, 6) is 4.93. The van der Waals surface area contributed by atoms with Crippen molar-refractivity contribution in [1.29, 1.82) is 0 Å². The largest absolute Gasteiger partial charge is 0.491 e. The highest BCUT2D eigenvalue weighted by Gasteiger charge is 2.24. The number of allylic oxidation sites excluding steroid dienone is 5. The van der Waals surface area contributed by atoms with Crippen molar-refractivity contribution in [3.8, 4) is 0 Å². The average molecular weight is 331 g/mol. The molecule has 22 heavy (non-hydrogen) atoms. The Balaban J connectivity index is 4.08. The van der Waals surface area contributed by atoms with E-state index in [1.54, 1.807) is 6.92 Å². The maximum absolute atomic E-state index is 11.8. The van der Waals surface area contributed by atoms with Crippen LogP contribution in [-0.4, -0.2) is 13.2 Å². The molecule has 0 bridgehead atoms. The van der Waals surface area contributed by atoms with Gasteiger partial charge in [-0.1, -0.05) is 35.5 Å². The molecule has 0 amide bonds. The molecule has 0 saturated carbocycles. The van der Waals surface area contributed by atoms with Crippen molar-refractivity contribution in [3.05, 3.63) is 35.5 Å². The molecule has 128 valence electrons. The monoisotopic (exact) mass is 331 g/mol. The lowest BCUT2D eigenvalue weighted by atomic mass is 10.1. The van der Waals surface area contributed by atoms with Crippen molar-refractivity contribution in [2.45, 2.75) is 53.4 Å². The lowest BCUT2D eigenvalue weighted by molar-refractivity contribution is 0.127. The van der Waals surface area contributed by atoms with Crippen LogP contribution < -0.4 is 5.90 Å². The van der Waals surface area contributed by atoms with E-state index in [2.05, 4.69) is 29.8 Å². The Morgan fingerprint density at radius 2 is 1.73 bits per heavy atom. The molecule has 1 unspecified atom stereocenters. The van der Waals surface area contributed by atoms with Crippen LogP contribution in [0.4, 0.5) is 0 Å². The van der Waals surface area contributed by atoms with E-state index < -0.39 is 7.82 Å². The molecule has 0 aromatic carbocycles. The van der Waals surface area contributed by atoms with Crippen molar-refractivity contribution in [1.82, 2.24) is 0 Å². The third-order valence-electron chi connectivity index (χ3n) is 3.05. The molecule has 0 radical (unpaired) electrons. The molecule has 0 aliphatic heterocycles. The fourth-order valence-electron chi connectivity index (χ4n) is 1.76. The highest BCUT2D eigenvalue weighted by molar-refractivity contribution is 7.48. The lowest BCUT2D eigenvalue weighted by Crippen LogP contribution is -2.04. The molecule has 2 N–H and O–H groups in total. The second-order valence-corrected chi connectivity index (χ2v) is 6.64. The van der Waals surface area contributed by atoms with Crippen LogP contribution in [0.1, 0.15) is 53.4 Å². The summed E-state index contributed by atoms with van der Waals surface area (Å²) in [5, 5.41) is 0. The van der Waals surface area contributed by atoms with Crippen molar-refractivity contribution in [2.75, 3.05) is 13.2 Å². The van der Waals surface area contributed by atoms with Gasteiger partial charge in [0.25, 0.3) is 0 Å². The fraction of sp³-hybridized carbons (Fsp3) is 0.625. The van der Waals surface area contributed by atoms with E-state index >= 15 is 0 Å². The minimum absolute atomic E-state index is 0.157. The molecule has 0 saturated heterocycles. The zero-order chi connectivity index (χ0) is 16.8. The first-order chi connectivity index (χ1) is 10.5. The topological polar surface area (TPSA) is 70.8 Å². The molecular weight excluding hydrogens is 301 g/mol. The molecule has 0 aromatic heterocycles. The van der Waals surface area contributed by atoms with Crippen LogP contribution in [0.2, 0.25) is 0 Å². The van der Waals surface area contributed by atoms with Crippen LogP contribution in [0.3, 0.4) is 0 Å². The number of phosphoric acid groups is 1. The summed E-state index contributed by atoms with van der Waals surface area (Å²) < 4.78 is 26.0. The van der Waals surface area contributed by atoms with Gasteiger partial charge in [-0.15, -0.1) is 0 Å². The van der Waals surface area contributed by atoms with Gasteiger partial charge in [-0.25, -0.2) is 15.1 Å². The van der Waals surface area contributed by atoms with Crippen molar-refractivity contribution in [2.24, 2.45) is 5.90 Å². The summed E-state index contributed by atoms with van der Waals surface area (Å²) in [6, 6.07) is 0. The summed E-state index contributed by atoms with van der Waals surface area (Å²) in [6.07, 6.45) is 12.5. The summed E-state index contributed by atoms with van der Waals surface area (Å²) in [4.78, 5) is 0. The van der Waals surface area contributed by atoms with Gasteiger partial charge in [-0.3, -0.25) is 9.05 Å². The van der Waals surface area contributed by atoms with Crippen LogP contribution in [0.15, 0.2) is 35.5 Å². The van der Waals surface area contributed by atoms with Gasteiger partial charge >= 0.3 is 7.82 Å². The Labute approximate surface area is 134 Å². The quantitative estimate of drug-likeness (QED) is 0.307. The molecule has 0 aliphatic rings. The number of rotatable bonds is 12. The standard InChI is InChI=1S/C16H30NO4P/c1-5-7-8-10-15(3)11-9-12-16(4)13-14-20-22(18,21-17)19-6-2/h5,7,11,13H,6,8-10,12,14,17H2,1-4H3. The molecule has 0 fully saturated rings. The predicted octanol–water partition coefficient (Wildman–Crippen LogP) is 5.07. The minimum atomic E-state index is -3.60. The SMILES string of the molecule is CC=CCCC(C)=CCCC(C)=CCOP(=O)(ON)OCC. The van der Waals surface area contributed by atoms with Crippen LogP contribution in [0, 0.1) is 0 Å². The van der Waals surface area contributed by atoms with Gasteiger partial charge in [-0.05, 0) is 53.4 Å². The van der Waals surface area contributed by atoms with Crippen LogP contribution >= 0.6 is 7.82 Å². The van der Waals surface area contributed by atoms with Gasteiger partial charge in [-0.2, -0.15) is 0 Å². The highest BCUT2D eigenvalue weighted by Crippen LogP contribution is 2.47. The maximum atomic E-state index is 11.8. The number of hydrogen-bond donors (Lipinski definition) is 1. The van der Waals surface area contributed by atoms with Crippen LogP contribution in [0.25, 0.3) is 0 Å². The first kappa shape index (κ1) is 21.3. The third kappa shape index (κ3) is 10.9. The van der Waals surface area contributed by atoms with E-state index in [0.29, 0.717) is 0 Å². The predicted molar refractivity (Wildman–Crippen MR) is 91.3 cm³/mol. The minimum Gasteiger partial charge on any atom is -0.286 e. The molecule has 0 spiro atoms. The zero-order valence-electron chi connectivity index (χ0n) is 14.2. The summed E-state index contributed by atoms with van der Waals surface area (Å²) in [6.45, 7) is 8.28. The normalized spacial score (nSPS) is 16.2. The second kappa shape index (κ2) is 12.8.